The largest absolute Gasteiger partial charge is 0.302 e. The number of carbonyl (C=O) groups excluding carboxylic acids is 1. The molecule has 0 aromatic heterocycles. The monoisotopic (exact) mass is 252 g/mol. The zero-order chi connectivity index (χ0) is 10.2. The van der Waals surface area contributed by atoms with Gasteiger partial charge in [0, 0.05) is 4.47 Å². The molecular weight excluding hydrogens is 240 g/mol. The molecule has 1 aromatic carbocycles. The molecule has 2 heteroatoms. The third kappa shape index (κ3) is 1.63. The second kappa shape index (κ2) is 3.50. The number of hydrogen-bond donors (Lipinski definition) is 0. The molecule has 0 radical (unpaired) electrons. The van der Waals surface area contributed by atoms with Gasteiger partial charge in [-0.05, 0) is 43.4 Å². The van der Waals surface area contributed by atoms with E-state index in [1.807, 2.05) is 31.2 Å². The first-order valence-electron chi connectivity index (χ1n) is 4.89. The van der Waals surface area contributed by atoms with Gasteiger partial charge in [-0.3, -0.25) is 0 Å². The molecule has 0 heterocycles. The first-order chi connectivity index (χ1) is 6.66. The van der Waals surface area contributed by atoms with E-state index in [2.05, 4.69) is 15.9 Å². The highest BCUT2D eigenvalue weighted by atomic mass is 79.9. The van der Waals surface area contributed by atoms with Crippen LogP contribution in [0.4, 0.5) is 0 Å². The van der Waals surface area contributed by atoms with Gasteiger partial charge in [-0.25, -0.2) is 0 Å². The van der Waals surface area contributed by atoms with Crippen LogP contribution in [-0.2, 0) is 10.2 Å². The summed E-state index contributed by atoms with van der Waals surface area (Å²) >= 11 is 3.40. The highest BCUT2D eigenvalue weighted by Gasteiger charge is 2.42. The lowest BCUT2D eigenvalue weighted by Gasteiger charge is -2.23. The fourth-order valence-electron chi connectivity index (χ4n) is 1.89. The van der Waals surface area contributed by atoms with Gasteiger partial charge in [-0.1, -0.05) is 28.1 Å². The fraction of sp³-hybridized carbons (Fsp3) is 0.417. The molecule has 0 spiro atoms. The molecular formula is C12H13BrO. The molecule has 74 valence electrons. The van der Waals surface area contributed by atoms with E-state index in [1.165, 1.54) is 12.8 Å². The minimum atomic E-state index is -0.263. The molecule has 1 unspecified atom stereocenters. The smallest absolute Gasteiger partial charge is 0.130 e. The number of halogens is 1. The Morgan fingerprint density at radius 1 is 1.36 bits per heavy atom. The van der Waals surface area contributed by atoms with Gasteiger partial charge in [0.2, 0.25) is 0 Å². The molecule has 0 bridgehead atoms. The van der Waals surface area contributed by atoms with Crippen molar-refractivity contribution in [1.82, 2.24) is 0 Å². The van der Waals surface area contributed by atoms with Crippen LogP contribution in [0.5, 0.6) is 0 Å². The van der Waals surface area contributed by atoms with Gasteiger partial charge in [-0.15, -0.1) is 0 Å². The van der Waals surface area contributed by atoms with E-state index in [0.717, 1.165) is 16.3 Å². The van der Waals surface area contributed by atoms with E-state index in [0.29, 0.717) is 5.92 Å². The topological polar surface area (TPSA) is 17.1 Å². The summed E-state index contributed by atoms with van der Waals surface area (Å²) in [4.78, 5) is 11.2. The standard InChI is InChI=1S/C12H13BrO/c1-12(8-14,9-2-3-9)10-4-6-11(13)7-5-10/h4-9H,2-3H2,1H3. The molecule has 2 rings (SSSR count). The Balaban J connectivity index is 2.35. The summed E-state index contributed by atoms with van der Waals surface area (Å²) in [6.07, 6.45) is 3.48. The highest BCUT2D eigenvalue weighted by Crippen LogP contribution is 2.46. The van der Waals surface area contributed by atoms with Crippen LogP contribution in [0.1, 0.15) is 25.3 Å². The first kappa shape index (κ1) is 9.91. The lowest BCUT2D eigenvalue weighted by molar-refractivity contribution is -0.112. The SMILES string of the molecule is CC(C=O)(c1ccc(Br)cc1)C1CC1. The molecule has 1 fully saturated rings. The van der Waals surface area contributed by atoms with Crippen molar-refractivity contribution in [2.24, 2.45) is 5.92 Å². The van der Waals surface area contributed by atoms with E-state index in [9.17, 15) is 4.79 Å². The van der Waals surface area contributed by atoms with Gasteiger partial charge in [0.25, 0.3) is 0 Å². The zero-order valence-electron chi connectivity index (χ0n) is 8.16. The maximum atomic E-state index is 11.2. The first-order valence-corrected chi connectivity index (χ1v) is 5.68. The van der Waals surface area contributed by atoms with Crippen LogP contribution in [0.15, 0.2) is 28.7 Å². The minimum absolute atomic E-state index is 0.263. The molecule has 1 nitrogen and oxygen atoms in total. The van der Waals surface area contributed by atoms with Gasteiger partial charge >= 0.3 is 0 Å². The summed E-state index contributed by atoms with van der Waals surface area (Å²) in [7, 11) is 0. The number of rotatable bonds is 3. The normalized spacial score (nSPS) is 20.1. The predicted molar refractivity (Wildman–Crippen MR) is 60.3 cm³/mol. The van der Waals surface area contributed by atoms with Gasteiger partial charge in [0.15, 0.2) is 0 Å². The average molecular weight is 253 g/mol. The highest BCUT2D eigenvalue weighted by molar-refractivity contribution is 9.10. The Morgan fingerprint density at radius 2 is 1.93 bits per heavy atom. The van der Waals surface area contributed by atoms with Crippen molar-refractivity contribution in [1.29, 1.82) is 0 Å². The second-order valence-corrected chi connectivity index (χ2v) is 5.10. The molecule has 1 aromatic rings. The van der Waals surface area contributed by atoms with Crippen LogP contribution in [0, 0.1) is 5.92 Å². The summed E-state index contributed by atoms with van der Waals surface area (Å²) < 4.78 is 1.06. The quantitative estimate of drug-likeness (QED) is 0.755. The number of hydrogen-bond acceptors (Lipinski definition) is 1. The summed E-state index contributed by atoms with van der Waals surface area (Å²) in [5.74, 6) is 0.557. The van der Waals surface area contributed by atoms with Crippen molar-refractivity contribution in [2.45, 2.75) is 25.2 Å². The van der Waals surface area contributed by atoms with Crippen molar-refractivity contribution in [3.05, 3.63) is 34.3 Å². The molecule has 1 aliphatic rings. The zero-order valence-corrected chi connectivity index (χ0v) is 9.75. The van der Waals surface area contributed by atoms with E-state index >= 15 is 0 Å². The molecule has 0 saturated heterocycles. The van der Waals surface area contributed by atoms with E-state index in [1.54, 1.807) is 0 Å². The molecule has 0 N–H and O–H groups in total. The van der Waals surface area contributed by atoms with E-state index in [4.69, 9.17) is 0 Å². The third-order valence-electron chi connectivity index (χ3n) is 3.14. The van der Waals surface area contributed by atoms with Crippen LogP contribution in [0.2, 0.25) is 0 Å². The summed E-state index contributed by atoms with van der Waals surface area (Å²) in [6, 6.07) is 8.08. The maximum absolute atomic E-state index is 11.2. The molecule has 1 atom stereocenters. The Hall–Kier alpha value is -0.630. The Bertz CT molecular complexity index is 340. The van der Waals surface area contributed by atoms with E-state index in [-0.39, 0.29) is 5.41 Å². The molecule has 1 saturated carbocycles. The van der Waals surface area contributed by atoms with Crippen LogP contribution in [0.3, 0.4) is 0 Å². The molecule has 0 amide bonds. The van der Waals surface area contributed by atoms with Crippen molar-refractivity contribution in [2.75, 3.05) is 0 Å². The van der Waals surface area contributed by atoms with E-state index < -0.39 is 0 Å². The van der Waals surface area contributed by atoms with Crippen molar-refractivity contribution in [3.8, 4) is 0 Å². The molecule has 1 aliphatic carbocycles. The predicted octanol–water partition coefficient (Wildman–Crippen LogP) is 3.32. The summed E-state index contributed by atoms with van der Waals surface area (Å²) in [6.45, 7) is 2.04. The summed E-state index contributed by atoms with van der Waals surface area (Å²) in [5, 5.41) is 0. The lowest BCUT2D eigenvalue weighted by Crippen LogP contribution is -2.26. The van der Waals surface area contributed by atoms with Crippen LogP contribution < -0.4 is 0 Å². The third-order valence-corrected chi connectivity index (χ3v) is 3.67. The Labute approximate surface area is 92.6 Å². The van der Waals surface area contributed by atoms with Gasteiger partial charge < -0.3 is 4.79 Å². The summed E-state index contributed by atoms with van der Waals surface area (Å²) in [5.41, 5.74) is 0.874. The Kier molecular flexibility index (Phi) is 2.48. The fourth-order valence-corrected chi connectivity index (χ4v) is 2.16. The van der Waals surface area contributed by atoms with Gasteiger partial charge in [-0.2, -0.15) is 0 Å². The van der Waals surface area contributed by atoms with Crippen molar-refractivity contribution < 1.29 is 4.79 Å². The van der Waals surface area contributed by atoms with Gasteiger partial charge in [0.05, 0.1) is 5.41 Å². The van der Waals surface area contributed by atoms with Crippen LogP contribution in [-0.4, -0.2) is 6.29 Å². The average Bonchev–Trinajstić information content (AvgIpc) is 3.01. The maximum Gasteiger partial charge on any atom is 0.130 e. The molecule has 14 heavy (non-hydrogen) atoms. The minimum Gasteiger partial charge on any atom is -0.302 e. The lowest BCUT2D eigenvalue weighted by atomic mass is 9.79. The van der Waals surface area contributed by atoms with Gasteiger partial charge in [0.1, 0.15) is 6.29 Å². The van der Waals surface area contributed by atoms with Crippen LogP contribution in [0.25, 0.3) is 0 Å². The van der Waals surface area contributed by atoms with Crippen molar-refractivity contribution in [3.63, 3.8) is 0 Å². The second-order valence-electron chi connectivity index (χ2n) is 4.18. The van der Waals surface area contributed by atoms with Crippen LogP contribution >= 0.6 is 15.9 Å². The number of carbonyl (C=O) groups is 1. The Morgan fingerprint density at radius 3 is 2.36 bits per heavy atom. The van der Waals surface area contributed by atoms with Crippen molar-refractivity contribution >= 4 is 22.2 Å². The molecule has 0 aliphatic heterocycles. The number of benzene rings is 1. The number of aldehydes is 1.